The van der Waals surface area contributed by atoms with Crippen LogP contribution in [-0.2, 0) is 9.59 Å². The highest BCUT2D eigenvalue weighted by Crippen LogP contribution is 2.30. The quantitative estimate of drug-likeness (QED) is 0.741. The molecule has 19 heavy (non-hydrogen) atoms. The van der Waals surface area contributed by atoms with Gasteiger partial charge in [-0.05, 0) is 44.9 Å². The van der Waals surface area contributed by atoms with Crippen molar-refractivity contribution in [2.45, 2.75) is 38.6 Å². The lowest BCUT2D eigenvalue weighted by molar-refractivity contribution is -0.151. The van der Waals surface area contributed by atoms with Gasteiger partial charge in [0.2, 0.25) is 5.78 Å². The molecule has 1 atom stereocenters. The van der Waals surface area contributed by atoms with E-state index in [0.29, 0.717) is 18.0 Å². The van der Waals surface area contributed by atoms with E-state index >= 15 is 0 Å². The summed E-state index contributed by atoms with van der Waals surface area (Å²) >= 11 is 5.84. The normalized spacial score (nSPS) is 20.8. The van der Waals surface area contributed by atoms with Crippen LogP contribution < -0.4 is 0 Å². The van der Waals surface area contributed by atoms with Crippen molar-refractivity contribution in [3.8, 4) is 0 Å². The molecule has 102 valence electrons. The van der Waals surface area contributed by atoms with E-state index in [1.165, 1.54) is 0 Å². The lowest BCUT2D eigenvalue weighted by Gasteiger charge is -2.39. The number of halogens is 1. The summed E-state index contributed by atoms with van der Waals surface area (Å²) in [5, 5.41) is 0.634. The van der Waals surface area contributed by atoms with E-state index in [1.54, 1.807) is 17.0 Å². The van der Waals surface area contributed by atoms with Crippen LogP contribution in [0.2, 0.25) is 5.02 Å². The standard InChI is InChI=1S/C15H18ClNO2/c1-15(2,3)17-9-8-12(13(18)14(17)19)10-4-6-11(16)7-5-10/h4-7,12H,8-9H2,1-3H3. The molecule has 0 aromatic heterocycles. The smallest absolute Gasteiger partial charge is 0.291 e. The fourth-order valence-electron chi connectivity index (χ4n) is 2.43. The topological polar surface area (TPSA) is 37.4 Å². The van der Waals surface area contributed by atoms with Gasteiger partial charge in [-0.3, -0.25) is 9.59 Å². The Bertz CT molecular complexity index is 502. The molecule has 2 rings (SSSR count). The van der Waals surface area contributed by atoms with E-state index in [4.69, 9.17) is 11.6 Å². The monoisotopic (exact) mass is 279 g/mol. The second-order valence-electron chi connectivity index (χ2n) is 5.88. The molecule has 1 aliphatic rings. The highest BCUT2D eigenvalue weighted by Gasteiger charge is 2.39. The first-order valence-electron chi connectivity index (χ1n) is 6.42. The predicted molar refractivity (Wildman–Crippen MR) is 75.3 cm³/mol. The Morgan fingerprint density at radius 2 is 1.74 bits per heavy atom. The Morgan fingerprint density at radius 3 is 2.26 bits per heavy atom. The van der Waals surface area contributed by atoms with Crippen LogP contribution in [0.4, 0.5) is 0 Å². The van der Waals surface area contributed by atoms with Gasteiger partial charge in [-0.25, -0.2) is 0 Å². The maximum Gasteiger partial charge on any atom is 0.291 e. The first-order valence-corrected chi connectivity index (χ1v) is 6.80. The largest absolute Gasteiger partial charge is 0.331 e. The molecular weight excluding hydrogens is 262 g/mol. The molecular formula is C15H18ClNO2. The number of ketones is 1. The van der Waals surface area contributed by atoms with Crippen LogP contribution in [0.3, 0.4) is 0 Å². The van der Waals surface area contributed by atoms with Crippen molar-refractivity contribution in [1.82, 2.24) is 4.90 Å². The van der Waals surface area contributed by atoms with Gasteiger partial charge in [-0.1, -0.05) is 23.7 Å². The summed E-state index contributed by atoms with van der Waals surface area (Å²) in [5.74, 6) is -1.02. The van der Waals surface area contributed by atoms with Crippen molar-refractivity contribution in [2.75, 3.05) is 6.54 Å². The van der Waals surface area contributed by atoms with Crippen molar-refractivity contribution >= 4 is 23.3 Å². The Kier molecular flexibility index (Phi) is 3.68. The fraction of sp³-hybridized carbons (Fsp3) is 0.467. The van der Waals surface area contributed by atoms with Gasteiger partial charge < -0.3 is 4.90 Å². The van der Waals surface area contributed by atoms with Gasteiger partial charge in [0.25, 0.3) is 5.91 Å². The van der Waals surface area contributed by atoms with E-state index in [1.807, 2.05) is 32.9 Å². The second kappa shape index (κ2) is 4.97. The SMILES string of the molecule is CC(C)(C)N1CCC(c2ccc(Cl)cc2)C(=O)C1=O. The molecule has 0 bridgehead atoms. The first-order chi connectivity index (χ1) is 8.80. The molecule has 0 saturated carbocycles. The van der Waals surface area contributed by atoms with Crippen molar-refractivity contribution in [1.29, 1.82) is 0 Å². The van der Waals surface area contributed by atoms with E-state index in [2.05, 4.69) is 0 Å². The molecule has 1 saturated heterocycles. The Hall–Kier alpha value is -1.35. The lowest BCUT2D eigenvalue weighted by atomic mass is 9.86. The van der Waals surface area contributed by atoms with Crippen molar-refractivity contribution in [3.05, 3.63) is 34.9 Å². The van der Waals surface area contributed by atoms with E-state index in [-0.39, 0.29) is 23.1 Å². The Labute approximate surface area is 118 Å². The van der Waals surface area contributed by atoms with Crippen LogP contribution in [-0.4, -0.2) is 28.7 Å². The lowest BCUT2D eigenvalue weighted by Crippen LogP contribution is -2.53. The molecule has 4 heteroatoms. The van der Waals surface area contributed by atoms with E-state index in [9.17, 15) is 9.59 Å². The minimum atomic E-state index is -0.376. The van der Waals surface area contributed by atoms with Gasteiger partial charge in [-0.2, -0.15) is 0 Å². The highest BCUT2D eigenvalue weighted by molar-refractivity contribution is 6.39. The molecule has 1 unspecified atom stereocenters. The third-order valence-corrected chi connectivity index (χ3v) is 3.75. The number of hydrogen-bond acceptors (Lipinski definition) is 2. The summed E-state index contributed by atoms with van der Waals surface area (Å²) in [5.41, 5.74) is 0.564. The van der Waals surface area contributed by atoms with Crippen LogP contribution in [0.5, 0.6) is 0 Å². The number of piperidine rings is 1. The van der Waals surface area contributed by atoms with E-state index < -0.39 is 0 Å². The van der Waals surface area contributed by atoms with Crippen molar-refractivity contribution in [3.63, 3.8) is 0 Å². The number of nitrogens with zero attached hydrogens (tertiary/aromatic N) is 1. The van der Waals surface area contributed by atoms with Crippen LogP contribution >= 0.6 is 11.6 Å². The average molecular weight is 280 g/mol. The van der Waals surface area contributed by atoms with Crippen LogP contribution in [0, 0.1) is 0 Å². The summed E-state index contributed by atoms with van der Waals surface area (Å²) < 4.78 is 0. The number of carbonyl (C=O) groups is 2. The number of hydrogen-bond donors (Lipinski definition) is 0. The van der Waals surface area contributed by atoms with E-state index in [0.717, 1.165) is 5.56 Å². The van der Waals surface area contributed by atoms with Gasteiger partial charge in [0.15, 0.2) is 0 Å². The van der Waals surface area contributed by atoms with Gasteiger partial charge >= 0.3 is 0 Å². The van der Waals surface area contributed by atoms with Crippen LogP contribution in [0.15, 0.2) is 24.3 Å². The third-order valence-electron chi connectivity index (χ3n) is 3.50. The fourth-order valence-corrected chi connectivity index (χ4v) is 2.55. The highest BCUT2D eigenvalue weighted by atomic mass is 35.5. The molecule has 1 aromatic rings. The zero-order chi connectivity index (χ0) is 14.2. The maximum absolute atomic E-state index is 12.2. The molecule has 1 aliphatic heterocycles. The van der Waals surface area contributed by atoms with Crippen LogP contribution in [0.25, 0.3) is 0 Å². The average Bonchev–Trinajstić information content (AvgIpc) is 2.32. The Morgan fingerprint density at radius 1 is 1.16 bits per heavy atom. The van der Waals surface area contributed by atoms with Gasteiger partial charge in [0, 0.05) is 17.1 Å². The molecule has 0 spiro atoms. The number of rotatable bonds is 1. The molecule has 0 aliphatic carbocycles. The number of likely N-dealkylation sites (tertiary alicyclic amines) is 1. The minimum absolute atomic E-state index is 0.308. The zero-order valence-electron chi connectivity index (χ0n) is 11.4. The zero-order valence-corrected chi connectivity index (χ0v) is 12.2. The first kappa shape index (κ1) is 14.1. The number of carbonyl (C=O) groups excluding carboxylic acids is 2. The molecule has 0 N–H and O–H groups in total. The van der Waals surface area contributed by atoms with Crippen molar-refractivity contribution in [2.24, 2.45) is 0 Å². The summed E-state index contributed by atoms with van der Waals surface area (Å²) in [6.07, 6.45) is 0.670. The van der Waals surface area contributed by atoms with Gasteiger partial charge in [-0.15, -0.1) is 0 Å². The van der Waals surface area contributed by atoms with Crippen LogP contribution in [0.1, 0.15) is 38.7 Å². The second-order valence-corrected chi connectivity index (χ2v) is 6.32. The molecule has 3 nitrogen and oxygen atoms in total. The number of benzene rings is 1. The Balaban J connectivity index is 2.22. The summed E-state index contributed by atoms with van der Waals surface area (Å²) in [4.78, 5) is 26.1. The molecule has 1 heterocycles. The molecule has 0 radical (unpaired) electrons. The summed E-state index contributed by atoms with van der Waals surface area (Å²) in [6.45, 7) is 6.45. The molecule has 1 aromatic carbocycles. The maximum atomic E-state index is 12.2. The molecule has 1 fully saturated rings. The minimum Gasteiger partial charge on any atom is -0.331 e. The molecule has 1 amide bonds. The van der Waals surface area contributed by atoms with Gasteiger partial charge in [0.05, 0.1) is 5.92 Å². The van der Waals surface area contributed by atoms with Crippen molar-refractivity contribution < 1.29 is 9.59 Å². The van der Waals surface area contributed by atoms with Gasteiger partial charge in [0.1, 0.15) is 0 Å². The number of amides is 1. The third kappa shape index (κ3) is 2.81. The summed E-state index contributed by atoms with van der Waals surface area (Å²) in [6, 6.07) is 7.16. The predicted octanol–water partition coefficient (Wildman–Crippen LogP) is 3.02. The summed E-state index contributed by atoms with van der Waals surface area (Å²) in [7, 11) is 0. The number of Topliss-reactive ketones (excluding diaryl/α,β-unsaturated/α-hetero) is 1.